The Labute approximate surface area is 154 Å². The van der Waals surface area contributed by atoms with E-state index < -0.39 is 0 Å². The largest absolute Gasteiger partial charge is 0.0683 e. The predicted octanol–water partition coefficient (Wildman–Crippen LogP) is 8.50. The highest BCUT2D eigenvalue weighted by Gasteiger charge is 2.57. The van der Waals surface area contributed by atoms with Gasteiger partial charge in [0, 0.05) is 0 Å². The van der Waals surface area contributed by atoms with Gasteiger partial charge in [-0.2, -0.15) is 0 Å². The molecule has 0 nitrogen and oxygen atoms in total. The first-order chi connectivity index (χ1) is 11.6. The predicted molar refractivity (Wildman–Crippen MR) is 110 cm³/mol. The molecule has 24 heavy (non-hydrogen) atoms. The third kappa shape index (κ3) is 6.06. The number of hydrogen-bond donors (Lipinski definition) is 0. The third-order valence-electron chi connectivity index (χ3n) is 6.71. The first kappa shape index (κ1) is 22.0. The fourth-order valence-corrected chi connectivity index (χ4v) is 5.62. The molecule has 5 fully saturated rings. The van der Waals surface area contributed by atoms with Gasteiger partial charge in [0.2, 0.25) is 0 Å². The Morgan fingerprint density at radius 2 is 0.917 bits per heavy atom. The molecule has 0 radical (unpaired) electrons. The first-order valence-corrected chi connectivity index (χ1v) is 11.6. The summed E-state index contributed by atoms with van der Waals surface area (Å²) in [6.45, 7) is 16.9. The van der Waals surface area contributed by atoms with Gasteiger partial charge < -0.3 is 0 Å². The van der Waals surface area contributed by atoms with Gasteiger partial charge in [-0.3, -0.25) is 0 Å². The van der Waals surface area contributed by atoms with Gasteiger partial charge in [0.05, 0.1) is 0 Å². The van der Waals surface area contributed by atoms with Crippen LogP contribution in [0.4, 0.5) is 0 Å². The van der Waals surface area contributed by atoms with Crippen LogP contribution < -0.4 is 0 Å². The molecule has 0 aliphatic heterocycles. The van der Waals surface area contributed by atoms with E-state index in [-0.39, 0.29) is 0 Å². The Bertz CT molecular complexity index is 304. The lowest BCUT2D eigenvalue weighted by atomic mass is 9.72. The van der Waals surface area contributed by atoms with Gasteiger partial charge in [-0.25, -0.2) is 0 Å². The zero-order valence-electron chi connectivity index (χ0n) is 18.4. The summed E-state index contributed by atoms with van der Waals surface area (Å²) in [5.74, 6) is 4.50. The zero-order chi connectivity index (χ0) is 18.4. The fraction of sp³-hybridized carbons (Fsp3) is 1.00. The van der Waals surface area contributed by atoms with Crippen molar-refractivity contribution in [3.05, 3.63) is 0 Å². The van der Waals surface area contributed by atoms with E-state index in [0.29, 0.717) is 0 Å². The monoisotopic (exact) mass is 336 g/mol. The topological polar surface area (TPSA) is 0 Å². The zero-order valence-corrected chi connectivity index (χ0v) is 18.4. The molecule has 0 aromatic rings. The lowest BCUT2D eigenvalue weighted by Gasteiger charge is -2.33. The van der Waals surface area contributed by atoms with Crippen LogP contribution in [0, 0.1) is 34.5 Å². The van der Waals surface area contributed by atoms with Crippen molar-refractivity contribution in [1.29, 1.82) is 0 Å². The van der Waals surface area contributed by atoms with Crippen molar-refractivity contribution in [2.24, 2.45) is 34.5 Å². The van der Waals surface area contributed by atoms with E-state index in [0.717, 1.165) is 22.7 Å². The molecule has 0 amide bonds. The maximum Gasteiger partial charge on any atom is -0.0289 e. The summed E-state index contributed by atoms with van der Waals surface area (Å²) < 4.78 is 0. The van der Waals surface area contributed by atoms with E-state index in [1.165, 1.54) is 11.8 Å². The van der Waals surface area contributed by atoms with Crippen LogP contribution in [0.25, 0.3) is 0 Å². The molecular formula is C24H48. The minimum Gasteiger partial charge on any atom is -0.0683 e. The van der Waals surface area contributed by atoms with Crippen LogP contribution >= 0.6 is 0 Å². The molecule has 0 saturated heterocycles. The van der Waals surface area contributed by atoms with E-state index in [1.807, 2.05) is 41.5 Å². The van der Waals surface area contributed by atoms with Crippen molar-refractivity contribution >= 4 is 0 Å². The summed E-state index contributed by atoms with van der Waals surface area (Å²) in [4.78, 5) is 0. The van der Waals surface area contributed by atoms with Gasteiger partial charge in [0.1, 0.15) is 0 Å². The van der Waals surface area contributed by atoms with Gasteiger partial charge in [0.15, 0.2) is 0 Å². The van der Waals surface area contributed by atoms with E-state index in [2.05, 4.69) is 13.8 Å². The molecule has 2 unspecified atom stereocenters. The normalized spacial score (nSPS) is 37.0. The average Bonchev–Trinajstić information content (AvgIpc) is 3.56. The molecule has 5 aliphatic carbocycles. The highest BCUT2D eigenvalue weighted by molar-refractivity contribution is 5.08. The van der Waals surface area contributed by atoms with Crippen LogP contribution in [0.3, 0.4) is 0 Å². The van der Waals surface area contributed by atoms with Gasteiger partial charge in [0.25, 0.3) is 0 Å². The summed E-state index contributed by atoms with van der Waals surface area (Å²) in [6, 6.07) is 0. The molecule has 5 aliphatic rings. The number of hydrogen-bond acceptors (Lipinski definition) is 0. The summed E-state index contributed by atoms with van der Waals surface area (Å²) in [6.07, 6.45) is 15.7. The maximum absolute atomic E-state index is 2.47. The van der Waals surface area contributed by atoms with Crippen molar-refractivity contribution in [3.8, 4) is 0 Å². The number of fused-ring (bicyclic) bond motifs is 1. The molecule has 144 valence electrons. The second-order valence-corrected chi connectivity index (χ2v) is 9.02. The maximum atomic E-state index is 2.47. The SMILES string of the molecule is CC.CC.CC.CC1CC2(CC2)CC2(CC2)C1.CC1CC2CC2C1. The standard InChI is InChI=1S/C11H18.C7H12.3C2H6/c1-9-6-10(2-3-10)8-11(7-9)4-5-11;1-5-2-6-4-7(6)3-5;3*1-2/h9H,2-8H2,1H3;5-7H,2-4H2,1H3;3*1-2H3. The Morgan fingerprint density at radius 3 is 1.17 bits per heavy atom. The van der Waals surface area contributed by atoms with Crippen LogP contribution in [-0.4, -0.2) is 0 Å². The minimum atomic E-state index is 0.897. The van der Waals surface area contributed by atoms with Crippen molar-refractivity contribution in [2.75, 3.05) is 0 Å². The molecule has 0 heterocycles. The highest BCUT2D eigenvalue weighted by Crippen LogP contribution is 2.69. The summed E-state index contributed by atoms with van der Waals surface area (Å²) in [5.41, 5.74) is 1.79. The van der Waals surface area contributed by atoms with Crippen molar-refractivity contribution < 1.29 is 0 Å². The van der Waals surface area contributed by atoms with Crippen LogP contribution in [0.2, 0.25) is 0 Å². The molecule has 2 atom stereocenters. The van der Waals surface area contributed by atoms with Gasteiger partial charge in [-0.05, 0) is 98.7 Å². The third-order valence-corrected chi connectivity index (χ3v) is 6.71. The lowest BCUT2D eigenvalue weighted by Crippen LogP contribution is -2.23. The first-order valence-electron chi connectivity index (χ1n) is 11.6. The Balaban J connectivity index is 0.000000193. The van der Waals surface area contributed by atoms with Crippen LogP contribution in [0.15, 0.2) is 0 Å². The molecular weight excluding hydrogens is 288 g/mol. The van der Waals surface area contributed by atoms with E-state index >= 15 is 0 Å². The lowest BCUT2D eigenvalue weighted by molar-refractivity contribution is 0.172. The van der Waals surface area contributed by atoms with Gasteiger partial charge in [-0.15, -0.1) is 0 Å². The van der Waals surface area contributed by atoms with Crippen LogP contribution in [0.5, 0.6) is 0 Å². The molecule has 5 saturated carbocycles. The second-order valence-electron chi connectivity index (χ2n) is 9.02. The molecule has 0 aromatic heterocycles. The van der Waals surface area contributed by atoms with Crippen molar-refractivity contribution in [1.82, 2.24) is 0 Å². The van der Waals surface area contributed by atoms with E-state index in [9.17, 15) is 0 Å². The van der Waals surface area contributed by atoms with Crippen molar-refractivity contribution in [2.45, 2.75) is 120 Å². The van der Waals surface area contributed by atoms with E-state index in [4.69, 9.17) is 0 Å². The molecule has 0 N–H and O–H groups in total. The molecule has 2 spiro atoms. The summed E-state index contributed by atoms with van der Waals surface area (Å²) in [5, 5.41) is 0. The Morgan fingerprint density at radius 1 is 0.542 bits per heavy atom. The average molecular weight is 337 g/mol. The molecule has 0 heteroatoms. The van der Waals surface area contributed by atoms with Crippen molar-refractivity contribution in [3.63, 3.8) is 0 Å². The van der Waals surface area contributed by atoms with E-state index in [1.54, 1.807) is 64.2 Å². The molecule has 0 aromatic carbocycles. The van der Waals surface area contributed by atoms with Crippen LogP contribution in [0.1, 0.15) is 120 Å². The summed E-state index contributed by atoms with van der Waals surface area (Å²) in [7, 11) is 0. The van der Waals surface area contributed by atoms with Gasteiger partial charge >= 0.3 is 0 Å². The van der Waals surface area contributed by atoms with Crippen LogP contribution in [-0.2, 0) is 0 Å². The fourth-order valence-electron chi connectivity index (χ4n) is 5.62. The molecule has 5 rings (SSSR count). The quantitative estimate of drug-likeness (QED) is 0.416. The molecule has 0 bridgehead atoms. The Hall–Kier alpha value is 0. The minimum absolute atomic E-state index is 0.897. The van der Waals surface area contributed by atoms with Gasteiger partial charge in [-0.1, -0.05) is 55.4 Å². The number of rotatable bonds is 0. The summed E-state index contributed by atoms with van der Waals surface area (Å²) >= 11 is 0. The second kappa shape index (κ2) is 9.63. The smallest absolute Gasteiger partial charge is 0.0289 e. The Kier molecular flexibility index (Phi) is 8.84. The highest BCUT2D eigenvalue weighted by atomic mass is 14.6.